The van der Waals surface area contributed by atoms with E-state index in [2.05, 4.69) is 5.10 Å². The van der Waals surface area contributed by atoms with Crippen molar-refractivity contribution >= 4 is 47.0 Å². The number of halogens is 3. The Balaban J connectivity index is 1.93. The van der Waals surface area contributed by atoms with Gasteiger partial charge in [0.05, 0.1) is 6.21 Å². The molecule has 0 unspecified atom stereocenters. The second-order valence-electron chi connectivity index (χ2n) is 3.82. The first-order valence-corrected chi connectivity index (χ1v) is 6.22. The van der Waals surface area contributed by atoms with Crippen LogP contribution in [0.5, 0.6) is 0 Å². The molecular weight excluding hydrogens is 324 g/mol. The summed E-state index contributed by atoms with van der Waals surface area (Å²) in [7, 11) is 0. The maximum absolute atomic E-state index is 10.4. The highest BCUT2D eigenvalue weighted by Gasteiger charge is 2.55. The van der Waals surface area contributed by atoms with E-state index in [0.29, 0.717) is 0 Å². The molecule has 2 fully saturated rings. The number of amides is 2. The highest BCUT2D eigenvalue weighted by molar-refractivity contribution is 6.67. The molecule has 11 heteroatoms. The van der Waals surface area contributed by atoms with Crippen LogP contribution in [0.1, 0.15) is 0 Å². The third-order valence-corrected chi connectivity index (χ3v) is 2.97. The van der Waals surface area contributed by atoms with Crippen molar-refractivity contribution in [2.75, 3.05) is 0 Å². The molecular formula is C8H10Cl3N3O5. The van der Waals surface area contributed by atoms with Crippen LogP contribution in [0.15, 0.2) is 5.10 Å². The molecule has 5 atom stereocenters. The lowest BCUT2D eigenvalue weighted by Crippen LogP contribution is -2.36. The Morgan fingerprint density at radius 2 is 2.05 bits per heavy atom. The molecule has 0 spiro atoms. The molecule has 0 aliphatic carbocycles. The third kappa shape index (κ3) is 3.40. The average molecular weight is 335 g/mol. The number of hydrazone groups is 1. The minimum absolute atomic E-state index is 0.814. The quantitative estimate of drug-likeness (QED) is 0.369. The molecule has 2 aliphatic heterocycles. The zero-order valence-electron chi connectivity index (χ0n) is 9.20. The average Bonchev–Trinajstić information content (AvgIpc) is 2.79. The molecule has 19 heavy (non-hydrogen) atoms. The van der Waals surface area contributed by atoms with Gasteiger partial charge in [-0.3, -0.25) is 0 Å². The van der Waals surface area contributed by atoms with Crippen LogP contribution in [0.4, 0.5) is 4.79 Å². The van der Waals surface area contributed by atoms with E-state index in [0.717, 1.165) is 6.21 Å². The summed E-state index contributed by atoms with van der Waals surface area (Å²) < 4.78 is 14.0. The van der Waals surface area contributed by atoms with E-state index < -0.39 is 40.7 Å². The summed E-state index contributed by atoms with van der Waals surface area (Å²) in [4.78, 5) is 10.4. The van der Waals surface area contributed by atoms with Crippen LogP contribution in [-0.2, 0) is 14.2 Å². The number of ether oxygens (including phenoxy) is 3. The molecule has 8 nitrogen and oxygen atoms in total. The van der Waals surface area contributed by atoms with Crippen molar-refractivity contribution in [2.24, 2.45) is 10.8 Å². The van der Waals surface area contributed by atoms with Gasteiger partial charge in [0.15, 0.2) is 6.29 Å². The van der Waals surface area contributed by atoms with Gasteiger partial charge in [-0.1, -0.05) is 34.8 Å². The Kier molecular flexibility index (Phi) is 4.41. The number of urea groups is 1. The van der Waals surface area contributed by atoms with Crippen LogP contribution in [0.25, 0.3) is 0 Å². The molecule has 0 radical (unpaired) electrons. The topological polar surface area (TPSA) is 115 Å². The monoisotopic (exact) mass is 333 g/mol. The Hall–Kier alpha value is -0.350. The van der Waals surface area contributed by atoms with E-state index in [1.54, 1.807) is 0 Å². The van der Waals surface area contributed by atoms with Crippen molar-refractivity contribution in [1.29, 1.82) is 0 Å². The standard InChI is InChI=1S/C8H10Cl3N3O5/c9-8(10,11)6-18-4-3(15)2(17-5(4)19-6)1-13-14-7(12)16/h1-6,15H,(H3,12,14,16)/b13-1+/t2-,3+,4-,5+,6-/m1/s1. The van der Waals surface area contributed by atoms with E-state index in [9.17, 15) is 9.90 Å². The number of primary amides is 1. The van der Waals surface area contributed by atoms with Crippen molar-refractivity contribution in [3.63, 3.8) is 0 Å². The molecule has 4 N–H and O–H groups in total. The highest BCUT2D eigenvalue weighted by atomic mass is 35.6. The fourth-order valence-electron chi connectivity index (χ4n) is 1.66. The molecule has 2 amide bonds. The molecule has 0 saturated carbocycles. The number of carbonyl (C=O) groups is 1. The first kappa shape index (κ1) is 15.0. The Labute approximate surface area is 122 Å². The van der Waals surface area contributed by atoms with E-state index in [4.69, 9.17) is 54.7 Å². The van der Waals surface area contributed by atoms with Crippen molar-refractivity contribution < 1.29 is 24.1 Å². The summed E-state index contributed by atoms with van der Waals surface area (Å²) in [6.07, 6.45) is -3.60. The van der Waals surface area contributed by atoms with Gasteiger partial charge in [0.2, 0.25) is 10.1 Å². The lowest BCUT2D eigenvalue weighted by Gasteiger charge is -2.21. The van der Waals surface area contributed by atoms with Gasteiger partial charge in [0.25, 0.3) is 0 Å². The number of rotatable bonds is 2. The fourth-order valence-corrected chi connectivity index (χ4v) is 1.97. The van der Waals surface area contributed by atoms with Crippen LogP contribution in [0.3, 0.4) is 0 Å². The minimum atomic E-state index is -1.79. The molecule has 0 aromatic carbocycles. The Morgan fingerprint density at radius 1 is 1.37 bits per heavy atom. The number of aliphatic hydroxyl groups is 1. The van der Waals surface area contributed by atoms with E-state index in [1.807, 2.05) is 5.43 Å². The molecule has 2 aliphatic rings. The number of fused-ring (bicyclic) bond motifs is 1. The van der Waals surface area contributed by atoms with E-state index in [1.165, 1.54) is 0 Å². The van der Waals surface area contributed by atoms with Gasteiger partial charge in [-0.05, 0) is 0 Å². The van der Waals surface area contributed by atoms with Gasteiger partial charge in [0.1, 0.15) is 18.3 Å². The van der Waals surface area contributed by atoms with Crippen molar-refractivity contribution in [2.45, 2.75) is 34.7 Å². The molecule has 2 rings (SSSR count). The van der Waals surface area contributed by atoms with Crippen LogP contribution >= 0.6 is 34.8 Å². The van der Waals surface area contributed by atoms with Crippen molar-refractivity contribution in [3.05, 3.63) is 0 Å². The first-order valence-electron chi connectivity index (χ1n) is 5.09. The minimum Gasteiger partial charge on any atom is -0.387 e. The summed E-state index contributed by atoms with van der Waals surface area (Å²) in [5.41, 5.74) is 6.77. The summed E-state index contributed by atoms with van der Waals surface area (Å²) in [6, 6.07) is -0.840. The van der Waals surface area contributed by atoms with Crippen LogP contribution in [0.2, 0.25) is 0 Å². The molecule has 0 bridgehead atoms. The predicted molar refractivity (Wildman–Crippen MR) is 65.9 cm³/mol. The Morgan fingerprint density at radius 3 is 2.58 bits per heavy atom. The van der Waals surface area contributed by atoms with Crippen LogP contribution in [-0.4, -0.2) is 52.0 Å². The van der Waals surface area contributed by atoms with Crippen molar-refractivity contribution in [1.82, 2.24) is 5.43 Å². The molecule has 108 valence electrons. The molecule has 2 saturated heterocycles. The first-order chi connectivity index (χ1) is 8.79. The lowest BCUT2D eigenvalue weighted by atomic mass is 10.1. The fraction of sp³-hybridized carbons (Fsp3) is 0.750. The van der Waals surface area contributed by atoms with Gasteiger partial charge < -0.3 is 25.1 Å². The van der Waals surface area contributed by atoms with Gasteiger partial charge in [-0.25, -0.2) is 10.2 Å². The van der Waals surface area contributed by atoms with Crippen LogP contribution in [0, 0.1) is 0 Å². The third-order valence-electron chi connectivity index (χ3n) is 2.43. The van der Waals surface area contributed by atoms with E-state index in [-0.39, 0.29) is 0 Å². The number of carbonyl (C=O) groups excluding carboxylic acids is 1. The highest BCUT2D eigenvalue weighted by Crippen LogP contribution is 2.41. The zero-order valence-corrected chi connectivity index (χ0v) is 11.5. The lowest BCUT2D eigenvalue weighted by molar-refractivity contribution is -0.152. The number of hydrogen-bond donors (Lipinski definition) is 3. The second kappa shape index (κ2) is 5.57. The van der Waals surface area contributed by atoms with Crippen LogP contribution < -0.4 is 11.2 Å². The van der Waals surface area contributed by atoms with Gasteiger partial charge in [0, 0.05) is 0 Å². The number of nitrogens with zero attached hydrogens (tertiary/aromatic N) is 1. The normalized spacial score (nSPS) is 38.6. The summed E-state index contributed by atoms with van der Waals surface area (Å²) in [6.45, 7) is 0. The summed E-state index contributed by atoms with van der Waals surface area (Å²) in [5, 5.41) is 13.4. The van der Waals surface area contributed by atoms with Gasteiger partial charge >= 0.3 is 6.03 Å². The Bertz CT molecular complexity index is 390. The maximum atomic E-state index is 10.4. The number of aliphatic hydroxyl groups excluding tert-OH is 1. The maximum Gasteiger partial charge on any atom is 0.332 e. The number of hydrogen-bond acceptors (Lipinski definition) is 6. The smallest absolute Gasteiger partial charge is 0.332 e. The summed E-state index contributed by atoms with van der Waals surface area (Å²) >= 11 is 16.8. The van der Waals surface area contributed by atoms with Gasteiger partial charge in [-0.2, -0.15) is 5.10 Å². The second-order valence-corrected chi connectivity index (χ2v) is 6.19. The zero-order chi connectivity index (χ0) is 14.2. The van der Waals surface area contributed by atoms with Gasteiger partial charge in [-0.15, -0.1) is 0 Å². The number of nitrogens with two attached hydrogens (primary N) is 1. The predicted octanol–water partition coefficient (Wildman–Crippen LogP) is -0.162. The molecule has 2 heterocycles. The summed E-state index contributed by atoms with van der Waals surface area (Å²) in [5.74, 6) is 0. The molecule has 0 aromatic rings. The van der Waals surface area contributed by atoms with E-state index >= 15 is 0 Å². The molecule has 0 aromatic heterocycles. The number of alkyl halides is 3. The SMILES string of the molecule is NC(=O)N/N=C/[C@H]1O[C@H]2O[C@H](C(Cl)(Cl)Cl)O[C@@H]2[C@H]1O. The van der Waals surface area contributed by atoms with Crippen molar-refractivity contribution in [3.8, 4) is 0 Å². The number of nitrogens with one attached hydrogen (secondary N) is 1. The largest absolute Gasteiger partial charge is 0.387 e.